The molecule has 0 N–H and O–H groups in total. The van der Waals surface area contributed by atoms with E-state index in [0.717, 1.165) is 104 Å². The van der Waals surface area contributed by atoms with Gasteiger partial charge in [0.2, 0.25) is 0 Å². The number of ether oxygens (including phenoxy) is 5. The van der Waals surface area contributed by atoms with Crippen LogP contribution in [0.4, 0.5) is 0 Å². The van der Waals surface area contributed by atoms with Crippen LogP contribution in [0.1, 0.15) is 92.9 Å². The number of carbonyl (C=O) groups excluding carboxylic acids is 7. The van der Waals surface area contributed by atoms with Crippen molar-refractivity contribution in [3.63, 3.8) is 0 Å². The van der Waals surface area contributed by atoms with E-state index in [9.17, 15) is 33.6 Å². The first-order chi connectivity index (χ1) is 37.2. The summed E-state index contributed by atoms with van der Waals surface area (Å²) in [4.78, 5) is 89.8. The van der Waals surface area contributed by atoms with Crippen LogP contribution in [0, 0.1) is 0 Å². The van der Waals surface area contributed by atoms with Crippen LogP contribution >= 0.6 is 0 Å². The summed E-state index contributed by atoms with van der Waals surface area (Å²) in [6.45, 7) is 45.4. The molecule has 0 aliphatic rings. The number of rotatable bonds is 36. The summed E-state index contributed by atoms with van der Waals surface area (Å²) in [7, 11) is 23.8. The number of unbranched alkanes of at least 4 members (excludes halogenated alkanes) is 2. The lowest BCUT2D eigenvalue weighted by Crippen LogP contribution is -2.27. The van der Waals surface area contributed by atoms with E-state index in [0.29, 0.717) is 68.2 Å². The van der Waals surface area contributed by atoms with Crippen molar-refractivity contribution in [2.45, 2.75) is 92.9 Å². The summed E-state index contributed by atoms with van der Waals surface area (Å²) in [5.41, 5.74) is 2.04. The zero-order valence-corrected chi connectivity index (χ0v) is 53.8. The van der Waals surface area contributed by atoms with Crippen LogP contribution < -0.4 is 0 Å². The van der Waals surface area contributed by atoms with Crippen molar-refractivity contribution in [3.8, 4) is 0 Å². The van der Waals surface area contributed by atoms with E-state index in [2.05, 4.69) is 79.5 Å². The molecule has 0 spiro atoms. The van der Waals surface area contributed by atoms with Crippen molar-refractivity contribution >= 4 is 41.4 Å². The first-order valence-corrected chi connectivity index (χ1v) is 27.2. The van der Waals surface area contributed by atoms with Gasteiger partial charge in [-0.05, 0) is 189 Å². The second-order valence-corrected chi connectivity index (χ2v) is 19.8. The molecule has 0 fully saturated rings. The lowest BCUT2D eigenvalue weighted by atomic mass is 10.1. The molecule has 0 radical (unpaired) electrons. The molecule has 466 valence electrons. The smallest absolute Gasteiger partial charge is 0.333 e. The van der Waals surface area contributed by atoms with Gasteiger partial charge in [0.25, 0.3) is 0 Å². The minimum absolute atomic E-state index is 0.156. The third kappa shape index (κ3) is 83.9. The summed E-state index contributed by atoms with van der Waals surface area (Å²) < 4.78 is 24.1. The van der Waals surface area contributed by atoms with Crippen molar-refractivity contribution in [2.24, 2.45) is 0 Å². The van der Waals surface area contributed by atoms with Gasteiger partial charge in [-0.2, -0.15) is 0 Å². The molecule has 0 bridgehead atoms. The lowest BCUT2D eigenvalue weighted by molar-refractivity contribution is -0.140. The van der Waals surface area contributed by atoms with E-state index in [4.69, 9.17) is 23.7 Å². The van der Waals surface area contributed by atoms with E-state index < -0.39 is 0 Å². The Hall–Kier alpha value is -5.41. The Morgan fingerprint density at radius 2 is 0.637 bits per heavy atom. The van der Waals surface area contributed by atoms with Gasteiger partial charge in [0.1, 0.15) is 19.8 Å². The van der Waals surface area contributed by atoms with Gasteiger partial charge in [0.15, 0.2) is 11.6 Å². The Bertz CT molecular complexity index is 1650. The molecular formula is C61H115N7O12. The molecule has 0 unspecified atom stereocenters. The molecule has 0 atom stereocenters. The molecule has 0 aromatic heterocycles. The maximum atomic E-state index is 11.1. The minimum atomic E-state index is -0.359. The molecule has 0 aliphatic heterocycles. The van der Waals surface area contributed by atoms with Gasteiger partial charge in [-0.1, -0.05) is 59.9 Å². The zero-order valence-electron chi connectivity index (χ0n) is 53.8. The zero-order chi connectivity index (χ0) is 63.6. The molecule has 0 aromatic carbocycles. The SMILES string of the molecule is C=C(C)C(=O)CCCCN(C)C.C=C(C)C(=O)OCCCN(C)C.C=C(C)C(=O)OCCN(C)C.C=C(C)C(=O)OCCN(CC)CC.C=CC(=O)CCCCN(C)C.C=CC(=O)OCCCN(C)C.C=CC(=O)OCCN(C)C. The fourth-order valence-corrected chi connectivity index (χ4v) is 4.80. The lowest BCUT2D eigenvalue weighted by Gasteiger charge is -2.17. The summed E-state index contributed by atoms with van der Waals surface area (Å²) in [6.07, 6.45) is 10.9. The number of hydrogen-bond donors (Lipinski definition) is 0. The average molecular weight is 1140 g/mol. The van der Waals surface area contributed by atoms with Crippen molar-refractivity contribution in [3.05, 3.63) is 86.6 Å². The number of esters is 5. The average Bonchev–Trinajstić information content (AvgIpc) is 3.38. The summed E-state index contributed by atoms with van der Waals surface area (Å²) in [5, 5.41) is 0. The van der Waals surface area contributed by atoms with Crippen LogP contribution in [0.5, 0.6) is 0 Å². The van der Waals surface area contributed by atoms with Crippen molar-refractivity contribution in [1.82, 2.24) is 34.3 Å². The van der Waals surface area contributed by atoms with Crippen molar-refractivity contribution in [1.29, 1.82) is 0 Å². The highest BCUT2D eigenvalue weighted by atomic mass is 16.5. The number of carbonyl (C=O) groups is 7. The highest BCUT2D eigenvalue weighted by Gasteiger charge is 2.06. The van der Waals surface area contributed by atoms with Crippen molar-refractivity contribution < 1.29 is 57.2 Å². The van der Waals surface area contributed by atoms with Crippen molar-refractivity contribution in [2.75, 3.05) is 177 Å². The maximum absolute atomic E-state index is 11.1. The van der Waals surface area contributed by atoms with Crippen LogP contribution in [0.3, 0.4) is 0 Å². The Balaban J connectivity index is -0.000000156. The predicted molar refractivity (Wildman–Crippen MR) is 331 cm³/mol. The Morgan fingerprint density at radius 3 is 0.938 bits per heavy atom. The van der Waals surface area contributed by atoms with E-state index in [-0.39, 0.29) is 41.4 Å². The molecule has 0 heterocycles. The van der Waals surface area contributed by atoms with Gasteiger partial charge in [-0.15, -0.1) is 0 Å². The van der Waals surface area contributed by atoms with Gasteiger partial charge >= 0.3 is 29.8 Å². The first kappa shape index (κ1) is 88.4. The number of hydrogen-bond acceptors (Lipinski definition) is 19. The fourth-order valence-electron chi connectivity index (χ4n) is 4.80. The van der Waals surface area contributed by atoms with Gasteiger partial charge in [0, 0.05) is 74.4 Å². The molecule has 0 aromatic rings. The topological polar surface area (TPSA) is 188 Å². The van der Waals surface area contributed by atoms with Crippen LogP contribution in [0.2, 0.25) is 0 Å². The quantitative estimate of drug-likeness (QED) is 0.0260. The van der Waals surface area contributed by atoms with Gasteiger partial charge in [-0.25, -0.2) is 24.0 Å². The Kier molecular flexibility index (Phi) is 69.4. The van der Waals surface area contributed by atoms with Crippen LogP contribution in [-0.2, 0) is 57.2 Å². The van der Waals surface area contributed by atoms with E-state index in [1.165, 1.54) is 12.2 Å². The largest absolute Gasteiger partial charge is 0.462 e. The van der Waals surface area contributed by atoms with Gasteiger partial charge in [-0.3, -0.25) is 9.59 Å². The normalized spacial score (nSPS) is 9.96. The molecule has 0 saturated heterocycles. The molecule has 19 heteroatoms. The van der Waals surface area contributed by atoms with Crippen LogP contribution in [-0.4, -0.2) is 252 Å². The first-order valence-electron chi connectivity index (χ1n) is 27.2. The number of nitrogens with zero attached hydrogens (tertiary/aromatic N) is 7. The number of ketones is 2. The summed E-state index contributed by atoms with van der Waals surface area (Å²) in [6, 6.07) is 0. The van der Waals surface area contributed by atoms with Gasteiger partial charge in [0.05, 0.1) is 13.2 Å². The molecule has 0 rings (SSSR count). The third-order valence-electron chi connectivity index (χ3n) is 9.69. The number of allylic oxidation sites excluding steroid dienone is 2. The number of Topliss-reactive ketones (excluding diaryl/α,β-unsaturated/α-hetero) is 1. The minimum Gasteiger partial charge on any atom is -0.462 e. The monoisotopic (exact) mass is 1140 g/mol. The molecule has 0 amide bonds. The van der Waals surface area contributed by atoms with Crippen LogP contribution in [0.25, 0.3) is 0 Å². The fraction of sp³-hybridized carbons (Fsp3) is 0.656. The second-order valence-electron chi connectivity index (χ2n) is 19.8. The molecule has 0 aliphatic carbocycles. The van der Waals surface area contributed by atoms with Gasteiger partial charge < -0.3 is 58.0 Å². The highest BCUT2D eigenvalue weighted by molar-refractivity contribution is 5.94. The summed E-state index contributed by atoms with van der Waals surface area (Å²) >= 11 is 0. The van der Waals surface area contributed by atoms with E-state index >= 15 is 0 Å². The second kappa shape index (κ2) is 62.8. The third-order valence-corrected chi connectivity index (χ3v) is 9.69. The Morgan fingerprint density at radius 1 is 0.350 bits per heavy atom. The molecule has 19 nitrogen and oxygen atoms in total. The predicted octanol–water partition coefficient (Wildman–Crippen LogP) is 7.45. The summed E-state index contributed by atoms with van der Waals surface area (Å²) in [5.74, 6) is -1.25. The molecular weight excluding hydrogens is 1020 g/mol. The molecule has 80 heavy (non-hydrogen) atoms. The number of likely N-dealkylation sites (N-methyl/N-ethyl adjacent to an activating group) is 3. The highest BCUT2D eigenvalue weighted by Crippen LogP contribution is 2.03. The Labute approximate surface area is 487 Å². The van der Waals surface area contributed by atoms with E-state index in [1.807, 2.05) is 99.3 Å². The standard InChI is InChI=1S/C10H19NO2.C10H19NO.C9H17NO2.C9H17NO.2C8H15NO2.C7H13NO2/c1-5-11(6-2)7-8-13-10(12)9(3)4;1-9(2)10(12)7-5-6-8-11(3)4;1-8(2)9(11)12-7-5-6-10(3)4;1-4-9(11)7-5-6-8-10(2)3;1-7(2)8(10)11-6-5-9(3)4;1-4-8(10)11-7-5-6-9(2)3;1-4-7(9)10-6-5-8(2)3/h3,5-8H2,1-2,4H3;1,5-8H2,2-4H3;1,5-7H2,2-4H3;4H,1,5-8H2,2-3H3;1,5-6H2,2-4H3;4H,1,5-7H2,2-3H3;4H,1,5-6H2,2-3H3. The van der Waals surface area contributed by atoms with Crippen LogP contribution in [0.15, 0.2) is 86.6 Å². The van der Waals surface area contributed by atoms with E-state index in [1.54, 1.807) is 27.7 Å². The molecule has 0 saturated carbocycles. The maximum Gasteiger partial charge on any atom is 0.333 e.